The summed E-state index contributed by atoms with van der Waals surface area (Å²) in [5.74, 6) is -3.20. The van der Waals surface area contributed by atoms with Gasteiger partial charge in [-0.1, -0.05) is 6.92 Å². The standard InChI is InChI=1S/C7H10F6O/c1-2-6(9,10)4-14-3-5(8)7(11,12)13/h5H,2-4H2,1H3. The number of hydrogen-bond acceptors (Lipinski definition) is 1. The molecule has 0 aliphatic rings. The molecule has 0 heterocycles. The number of rotatable bonds is 5. The molecule has 0 fully saturated rings. The number of hydrogen-bond donors (Lipinski definition) is 0. The third-order valence-corrected chi connectivity index (χ3v) is 1.45. The van der Waals surface area contributed by atoms with Crippen molar-refractivity contribution >= 4 is 0 Å². The minimum Gasteiger partial charge on any atom is -0.372 e. The second-order valence-corrected chi connectivity index (χ2v) is 2.73. The molecule has 0 amide bonds. The van der Waals surface area contributed by atoms with E-state index in [9.17, 15) is 26.3 Å². The van der Waals surface area contributed by atoms with Crippen LogP contribution in [0.1, 0.15) is 13.3 Å². The van der Waals surface area contributed by atoms with Crippen LogP contribution in [0.15, 0.2) is 0 Å². The minimum atomic E-state index is -5.05. The predicted molar refractivity (Wildman–Crippen MR) is 37.0 cm³/mol. The summed E-state index contributed by atoms with van der Waals surface area (Å²) in [4.78, 5) is 0. The van der Waals surface area contributed by atoms with E-state index in [1.165, 1.54) is 0 Å². The van der Waals surface area contributed by atoms with Crippen LogP contribution in [0.4, 0.5) is 26.3 Å². The van der Waals surface area contributed by atoms with Crippen molar-refractivity contribution in [1.29, 1.82) is 0 Å². The van der Waals surface area contributed by atoms with Gasteiger partial charge >= 0.3 is 6.18 Å². The van der Waals surface area contributed by atoms with E-state index < -0.39 is 37.9 Å². The van der Waals surface area contributed by atoms with Crippen molar-refractivity contribution in [2.24, 2.45) is 0 Å². The summed E-state index contributed by atoms with van der Waals surface area (Å²) in [6.45, 7) is -1.43. The van der Waals surface area contributed by atoms with E-state index in [1.54, 1.807) is 0 Å². The number of halogens is 6. The van der Waals surface area contributed by atoms with E-state index in [0.29, 0.717) is 0 Å². The second kappa shape index (κ2) is 4.86. The third kappa shape index (κ3) is 5.31. The lowest BCUT2D eigenvalue weighted by molar-refractivity contribution is -0.200. The molecule has 0 N–H and O–H groups in total. The zero-order chi connectivity index (χ0) is 11.4. The first-order chi connectivity index (χ1) is 6.19. The van der Waals surface area contributed by atoms with Crippen LogP contribution >= 0.6 is 0 Å². The van der Waals surface area contributed by atoms with Gasteiger partial charge in [0.05, 0.1) is 6.61 Å². The van der Waals surface area contributed by atoms with Crippen molar-refractivity contribution in [1.82, 2.24) is 0 Å². The fraction of sp³-hybridized carbons (Fsp3) is 1.00. The molecule has 0 aliphatic heterocycles. The highest BCUT2D eigenvalue weighted by Gasteiger charge is 2.40. The second-order valence-electron chi connectivity index (χ2n) is 2.73. The Hall–Kier alpha value is -0.460. The molecule has 0 spiro atoms. The van der Waals surface area contributed by atoms with Gasteiger partial charge in [-0.15, -0.1) is 0 Å². The van der Waals surface area contributed by atoms with Crippen molar-refractivity contribution in [2.75, 3.05) is 13.2 Å². The van der Waals surface area contributed by atoms with E-state index in [1.807, 2.05) is 0 Å². The molecule has 0 radical (unpaired) electrons. The largest absolute Gasteiger partial charge is 0.421 e. The number of alkyl halides is 6. The lowest BCUT2D eigenvalue weighted by Crippen LogP contribution is -2.32. The van der Waals surface area contributed by atoms with Gasteiger partial charge in [-0.3, -0.25) is 0 Å². The molecular formula is C7H10F6O. The van der Waals surface area contributed by atoms with E-state index in [-0.39, 0.29) is 0 Å². The molecule has 7 heteroatoms. The van der Waals surface area contributed by atoms with Gasteiger partial charge in [0.2, 0.25) is 6.17 Å². The maximum atomic E-state index is 12.4. The molecular weight excluding hydrogens is 214 g/mol. The molecule has 0 aromatic carbocycles. The maximum Gasteiger partial charge on any atom is 0.421 e. The zero-order valence-corrected chi connectivity index (χ0v) is 7.37. The summed E-state index contributed by atoms with van der Waals surface area (Å²) < 4.78 is 75.3. The Morgan fingerprint density at radius 2 is 1.64 bits per heavy atom. The first-order valence-corrected chi connectivity index (χ1v) is 3.85. The van der Waals surface area contributed by atoms with Crippen LogP contribution in [0, 0.1) is 0 Å². The summed E-state index contributed by atoms with van der Waals surface area (Å²) >= 11 is 0. The first kappa shape index (κ1) is 13.5. The third-order valence-electron chi connectivity index (χ3n) is 1.45. The average Bonchev–Trinajstić information content (AvgIpc) is 2.02. The van der Waals surface area contributed by atoms with E-state index in [2.05, 4.69) is 4.74 Å². The molecule has 1 atom stereocenters. The molecule has 0 aromatic heterocycles. The fourth-order valence-corrected chi connectivity index (χ4v) is 0.508. The van der Waals surface area contributed by atoms with Gasteiger partial charge < -0.3 is 4.74 Å². The highest BCUT2D eigenvalue weighted by atomic mass is 19.4. The summed E-state index contributed by atoms with van der Waals surface area (Å²) in [7, 11) is 0. The van der Waals surface area contributed by atoms with Gasteiger partial charge in [-0.25, -0.2) is 13.2 Å². The van der Waals surface area contributed by atoms with Crippen LogP contribution in [-0.2, 0) is 4.74 Å². The van der Waals surface area contributed by atoms with Crippen molar-refractivity contribution < 1.29 is 31.1 Å². The van der Waals surface area contributed by atoms with Crippen molar-refractivity contribution in [3.05, 3.63) is 0 Å². The Bertz CT molecular complexity index is 166. The fourth-order valence-electron chi connectivity index (χ4n) is 0.508. The van der Waals surface area contributed by atoms with Crippen LogP contribution in [0.25, 0.3) is 0 Å². The summed E-state index contributed by atoms with van der Waals surface area (Å²) in [6, 6.07) is 0. The van der Waals surface area contributed by atoms with Gasteiger partial charge in [0.15, 0.2) is 0 Å². The maximum absolute atomic E-state index is 12.4. The van der Waals surface area contributed by atoms with Gasteiger partial charge in [-0.05, 0) is 0 Å². The molecule has 14 heavy (non-hydrogen) atoms. The zero-order valence-electron chi connectivity index (χ0n) is 7.37. The summed E-state index contributed by atoms with van der Waals surface area (Å²) in [6.07, 6.45) is -8.83. The molecule has 0 saturated heterocycles. The number of ether oxygens (including phenoxy) is 1. The Morgan fingerprint density at radius 3 is 2.00 bits per heavy atom. The van der Waals surface area contributed by atoms with E-state index >= 15 is 0 Å². The van der Waals surface area contributed by atoms with E-state index in [4.69, 9.17) is 0 Å². The van der Waals surface area contributed by atoms with Gasteiger partial charge in [0.1, 0.15) is 6.61 Å². The van der Waals surface area contributed by atoms with Crippen LogP contribution in [0.3, 0.4) is 0 Å². The summed E-state index contributed by atoms with van der Waals surface area (Å²) in [5, 5.41) is 0. The molecule has 0 rings (SSSR count). The SMILES string of the molecule is CCC(F)(F)COCC(F)C(F)(F)F. The molecule has 1 unspecified atom stereocenters. The highest BCUT2D eigenvalue weighted by molar-refractivity contribution is 4.67. The van der Waals surface area contributed by atoms with Crippen LogP contribution < -0.4 is 0 Å². The summed E-state index contributed by atoms with van der Waals surface area (Å²) in [5.41, 5.74) is 0. The molecule has 86 valence electrons. The smallest absolute Gasteiger partial charge is 0.372 e. The van der Waals surface area contributed by atoms with Crippen LogP contribution in [0.2, 0.25) is 0 Å². The topological polar surface area (TPSA) is 9.23 Å². The predicted octanol–water partition coefficient (Wildman–Crippen LogP) is 2.95. The van der Waals surface area contributed by atoms with Crippen molar-refractivity contribution in [3.63, 3.8) is 0 Å². The molecule has 1 nitrogen and oxygen atoms in total. The Kier molecular flexibility index (Phi) is 4.70. The average molecular weight is 224 g/mol. The van der Waals surface area contributed by atoms with Gasteiger partial charge in [0, 0.05) is 6.42 Å². The highest BCUT2D eigenvalue weighted by Crippen LogP contribution is 2.24. The molecule has 0 saturated carbocycles. The van der Waals surface area contributed by atoms with Crippen molar-refractivity contribution in [3.8, 4) is 0 Å². The van der Waals surface area contributed by atoms with Gasteiger partial charge in [0.25, 0.3) is 5.92 Å². The van der Waals surface area contributed by atoms with Crippen LogP contribution in [0.5, 0.6) is 0 Å². The molecule has 0 bridgehead atoms. The normalized spacial score (nSPS) is 15.6. The van der Waals surface area contributed by atoms with Gasteiger partial charge in [-0.2, -0.15) is 13.2 Å². The molecule has 0 aromatic rings. The van der Waals surface area contributed by atoms with E-state index in [0.717, 1.165) is 6.92 Å². The van der Waals surface area contributed by atoms with Crippen molar-refractivity contribution in [2.45, 2.75) is 31.6 Å². The lowest BCUT2D eigenvalue weighted by atomic mass is 10.3. The first-order valence-electron chi connectivity index (χ1n) is 3.85. The quantitative estimate of drug-likeness (QED) is 0.652. The van der Waals surface area contributed by atoms with Crippen LogP contribution in [-0.4, -0.2) is 31.5 Å². The Labute approximate surface area is 77.0 Å². The monoisotopic (exact) mass is 224 g/mol. The minimum absolute atomic E-state index is 0.560. The Balaban J connectivity index is 3.75. The molecule has 0 aliphatic carbocycles. The lowest BCUT2D eigenvalue weighted by Gasteiger charge is -2.16. The Morgan fingerprint density at radius 1 is 1.14 bits per heavy atom.